The van der Waals surface area contributed by atoms with E-state index in [-0.39, 0.29) is 23.7 Å². The Morgan fingerprint density at radius 1 is 0.945 bits per heavy atom. The molecule has 2 aromatic heterocycles. The van der Waals surface area contributed by atoms with Crippen LogP contribution in [-0.2, 0) is 54.6 Å². The van der Waals surface area contributed by atoms with Crippen LogP contribution < -0.4 is 5.56 Å². The Bertz CT molecular complexity index is 2260. The van der Waals surface area contributed by atoms with Gasteiger partial charge in [0, 0.05) is 19.5 Å². The SMILES string of the molecule is CC1OC(CS(=O)(=O)CS(=O)(=O)C=CC2OC(n3cnc4c(=O)n(Cc5ccccc5)c(N=CN(C)C)nc43)C3OC(C)(C)OC23)C(O)C2OC(C)(C)OC12. The van der Waals surface area contributed by atoms with Crippen molar-refractivity contribution in [1.29, 1.82) is 0 Å². The average molecular weight is 807 g/mol. The maximum atomic E-state index is 13.9. The molecule has 4 aliphatic heterocycles. The number of aliphatic hydroxyl groups is 1. The molecule has 4 fully saturated rings. The van der Waals surface area contributed by atoms with E-state index < -0.39 is 103 Å². The average Bonchev–Trinajstić information content (AvgIpc) is 3.82. The van der Waals surface area contributed by atoms with Crippen molar-refractivity contribution >= 4 is 43.1 Å². The van der Waals surface area contributed by atoms with Gasteiger partial charge in [0.15, 0.2) is 53.7 Å². The fourth-order valence-corrected chi connectivity index (χ4v) is 11.2. The van der Waals surface area contributed by atoms with E-state index in [0.29, 0.717) is 0 Å². The van der Waals surface area contributed by atoms with Crippen LogP contribution in [0, 0.1) is 0 Å². The van der Waals surface area contributed by atoms with Gasteiger partial charge in [-0.25, -0.2) is 26.8 Å². The molecule has 9 atom stereocenters. The fourth-order valence-electron chi connectivity index (χ4n) is 7.35. The van der Waals surface area contributed by atoms with Gasteiger partial charge in [-0.2, -0.15) is 4.98 Å². The number of ether oxygens (including phenoxy) is 6. The molecule has 0 amide bonds. The number of aromatic nitrogens is 4. The summed E-state index contributed by atoms with van der Waals surface area (Å²) in [6, 6.07) is 9.38. The molecule has 4 aliphatic rings. The van der Waals surface area contributed by atoms with Crippen LogP contribution >= 0.6 is 0 Å². The molecule has 300 valence electrons. The number of benzene rings is 1. The van der Waals surface area contributed by atoms with Crippen molar-refractivity contribution in [2.45, 2.75) is 108 Å². The third-order valence-corrected chi connectivity index (χ3v) is 13.7. The highest BCUT2D eigenvalue weighted by molar-refractivity contribution is 8.09. The van der Waals surface area contributed by atoms with Crippen molar-refractivity contribution in [2.24, 2.45) is 4.99 Å². The Morgan fingerprint density at radius 2 is 1.60 bits per heavy atom. The van der Waals surface area contributed by atoms with Crippen LogP contribution in [0.15, 0.2) is 57.9 Å². The van der Waals surface area contributed by atoms with Gasteiger partial charge in [0.05, 0.1) is 31.1 Å². The third-order valence-electron chi connectivity index (χ3n) is 9.56. The molecule has 6 heterocycles. The second-order valence-electron chi connectivity index (χ2n) is 15.3. The highest BCUT2D eigenvalue weighted by Gasteiger charge is 2.56. The lowest BCUT2D eigenvalue weighted by Gasteiger charge is -2.38. The molecular formula is C35H46N6O12S2. The van der Waals surface area contributed by atoms with Crippen LogP contribution in [-0.4, -0.2) is 138 Å². The van der Waals surface area contributed by atoms with Crippen LogP contribution in [0.4, 0.5) is 5.95 Å². The Balaban J connectivity index is 1.12. The van der Waals surface area contributed by atoms with E-state index in [0.717, 1.165) is 11.0 Å². The van der Waals surface area contributed by atoms with E-state index in [1.807, 2.05) is 30.3 Å². The molecule has 0 aliphatic carbocycles. The zero-order chi connectivity index (χ0) is 39.7. The van der Waals surface area contributed by atoms with Crippen LogP contribution in [0.5, 0.6) is 0 Å². The summed E-state index contributed by atoms with van der Waals surface area (Å²) in [6.07, 6.45) is -4.19. The normalized spacial score (nSPS) is 31.7. The Hall–Kier alpha value is -3.60. The van der Waals surface area contributed by atoms with E-state index in [1.54, 1.807) is 53.6 Å². The van der Waals surface area contributed by atoms with Gasteiger partial charge >= 0.3 is 0 Å². The summed E-state index contributed by atoms with van der Waals surface area (Å²) < 4.78 is 92.0. The third kappa shape index (κ3) is 8.28. The number of imidazole rings is 1. The molecule has 20 heteroatoms. The number of aliphatic hydroxyl groups excluding tert-OH is 1. The predicted octanol–water partition coefficient (Wildman–Crippen LogP) is 1.25. The number of hydrogen-bond donors (Lipinski definition) is 1. The molecule has 18 nitrogen and oxygen atoms in total. The summed E-state index contributed by atoms with van der Waals surface area (Å²) >= 11 is 0. The van der Waals surface area contributed by atoms with Gasteiger partial charge in [0.25, 0.3) is 5.56 Å². The molecule has 9 unspecified atom stereocenters. The minimum Gasteiger partial charge on any atom is -0.388 e. The minimum atomic E-state index is -4.40. The van der Waals surface area contributed by atoms with Crippen LogP contribution in [0.1, 0.15) is 46.4 Å². The molecule has 3 aromatic rings. The summed E-state index contributed by atoms with van der Waals surface area (Å²) in [4.78, 5) is 29.2. The Morgan fingerprint density at radius 3 is 2.29 bits per heavy atom. The van der Waals surface area contributed by atoms with Gasteiger partial charge in [-0.05, 0) is 46.3 Å². The zero-order valence-corrected chi connectivity index (χ0v) is 33.1. The topological polar surface area (TPSA) is 212 Å². The van der Waals surface area contributed by atoms with Gasteiger partial charge in [-0.15, -0.1) is 0 Å². The fraction of sp³-hybridized carbons (Fsp3) is 0.600. The maximum Gasteiger partial charge on any atom is 0.283 e. The van der Waals surface area contributed by atoms with E-state index >= 15 is 0 Å². The largest absolute Gasteiger partial charge is 0.388 e. The lowest BCUT2D eigenvalue weighted by Crippen LogP contribution is -2.57. The van der Waals surface area contributed by atoms with Crippen molar-refractivity contribution < 1.29 is 50.4 Å². The first-order chi connectivity index (χ1) is 25.7. The number of rotatable bonds is 11. The van der Waals surface area contributed by atoms with E-state index in [9.17, 15) is 26.7 Å². The highest BCUT2D eigenvalue weighted by Crippen LogP contribution is 2.44. The van der Waals surface area contributed by atoms with Gasteiger partial charge in [-0.3, -0.25) is 13.9 Å². The van der Waals surface area contributed by atoms with Gasteiger partial charge < -0.3 is 38.4 Å². The molecule has 4 saturated heterocycles. The van der Waals surface area contributed by atoms with E-state index in [4.69, 9.17) is 33.4 Å². The summed E-state index contributed by atoms with van der Waals surface area (Å²) in [7, 11) is -5.16. The molecule has 0 radical (unpaired) electrons. The number of nitrogens with zero attached hydrogens (tertiary/aromatic N) is 6. The standard InChI is InChI=1S/C35H46N6O12S2/c1-20-26-28(52-34(2,3)50-26)25(42)23(48-20)16-55(46,47)19-54(44,45)14-13-22-27-29(53-35(4,5)51-27)32(49-22)41-18-36-24-30(41)38-33(37-17-39(6)7)40(31(24)43)15-21-11-9-8-10-12-21/h8-14,17-18,20,22-23,25-29,32,42H,15-16,19H2,1-7H3. The summed E-state index contributed by atoms with van der Waals surface area (Å²) in [5, 5.41) is 10.4. The van der Waals surface area contributed by atoms with Crippen molar-refractivity contribution in [3.8, 4) is 0 Å². The van der Waals surface area contributed by atoms with Crippen LogP contribution in [0.3, 0.4) is 0 Å². The smallest absolute Gasteiger partial charge is 0.283 e. The molecule has 1 aromatic carbocycles. The molecule has 55 heavy (non-hydrogen) atoms. The predicted molar refractivity (Wildman–Crippen MR) is 198 cm³/mol. The minimum absolute atomic E-state index is 0.0533. The molecule has 0 bridgehead atoms. The van der Waals surface area contributed by atoms with E-state index in [1.165, 1.54) is 27.9 Å². The van der Waals surface area contributed by atoms with Crippen LogP contribution in [0.25, 0.3) is 11.2 Å². The van der Waals surface area contributed by atoms with Gasteiger partial charge in [0.1, 0.15) is 42.7 Å². The Labute approximate surface area is 318 Å². The molecule has 0 saturated carbocycles. The zero-order valence-electron chi connectivity index (χ0n) is 31.5. The van der Waals surface area contributed by atoms with Crippen molar-refractivity contribution in [3.63, 3.8) is 0 Å². The lowest BCUT2D eigenvalue weighted by atomic mass is 9.96. The molecule has 1 N–H and O–H groups in total. The number of hydrogen-bond acceptors (Lipinski definition) is 15. The van der Waals surface area contributed by atoms with Crippen molar-refractivity contribution in [2.75, 3.05) is 24.9 Å². The number of sulfone groups is 2. The first-order valence-corrected chi connectivity index (χ1v) is 21.3. The lowest BCUT2D eigenvalue weighted by molar-refractivity contribution is -0.191. The number of aliphatic imine (C=N–C) groups is 1. The second kappa shape index (κ2) is 14.4. The second-order valence-corrected chi connectivity index (χ2v) is 19.7. The quantitative estimate of drug-likeness (QED) is 0.213. The Kier molecular flexibility index (Phi) is 10.4. The van der Waals surface area contributed by atoms with Crippen molar-refractivity contribution in [1.82, 2.24) is 24.0 Å². The van der Waals surface area contributed by atoms with Crippen LogP contribution in [0.2, 0.25) is 0 Å². The van der Waals surface area contributed by atoms with Gasteiger partial charge in [0.2, 0.25) is 5.95 Å². The van der Waals surface area contributed by atoms with Crippen molar-refractivity contribution in [3.05, 3.63) is 64.1 Å². The summed E-state index contributed by atoms with van der Waals surface area (Å²) in [5.74, 6) is -2.74. The van der Waals surface area contributed by atoms with E-state index in [2.05, 4.69) is 9.98 Å². The monoisotopic (exact) mass is 806 g/mol. The molecule has 7 rings (SSSR count). The summed E-state index contributed by atoms with van der Waals surface area (Å²) in [6.45, 7) is 8.61. The summed E-state index contributed by atoms with van der Waals surface area (Å²) in [5.41, 5.74) is 0.633. The molecular weight excluding hydrogens is 761 g/mol. The number of fused-ring (bicyclic) bond motifs is 3. The first kappa shape index (κ1) is 39.6. The maximum absolute atomic E-state index is 13.9. The molecule has 0 spiro atoms. The highest BCUT2D eigenvalue weighted by atomic mass is 32.3. The first-order valence-electron chi connectivity index (χ1n) is 17.7. The van der Waals surface area contributed by atoms with Gasteiger partial charge in [-0.1, -0.05) is 30.3 Å².